The Bertz CT molecular complexity index is 670. The van der Waals surface area contributed by atoms with Crippen LogP contribution in [0.3, 0.4) is 0 Å². The largest absolute Gasteiger partial charge is 0.489 e. The van der Waals surface area contributed by atoms with Crippen molar-refractivity contribution < 1.29 is 9.84 Å². The number of rotatable bonds is 3. The molecule has 2 nitrogen and oxygen atoms in total. The van der Waals surface area contributed by atoms with E-state index < -0.39 is 0 Å². The van der Waals surface area contributed by atoms with Crippen LogP contribution >= 0.6 is 0 Å². The highest BCUT2D eigenvalue weighted by molar-refractivity contribution is 5.43. The van der Waals surface area contributed by atoms with Gasteiger partial charge in [0.15, 0.2) is 0 Å². The van der Waals surface area contributed by atoms with Gasteiger partial charge in [0.1, 0.15) is 19.0 Å². The zero-order chi connectivity index (χ0) is 15.2. The fourth-order valence-electron chi connectivity index (χ4n) is 2.34. The van der Waals surface area contributed by atoms with Crippen molar-refractivity contribution in [2.24, 2.45) is 0 Å². The van der Waals surface area contributed by atoms with Crippen molar-refractivity contribution >= 4 is 0 Å². The van der Waals surface area contributed by atoms with Crippen LogP contribution < -0.4 is 4.74 Å². The molecule has 21 heavy (non-hydrogen) atoms. The van der Waals surface area contributed by atoms with Crippen LogP contribution in [0.1, 0.15) is 27.8 Å². The summed E-state index contributed by atoms with van der Waals surface area (Å²) < 4.78 is 5.89. The Morgan fingerprint density at radius 1 is 1.00 bits per heavy atom. The van der Waals surface area contributed by atoms with E-state index in [0.717, 1.165) is 16.9 Å². The molecule has 2 aromatic rings. The van der Waals surface area contributed by atoms with Crippen LogP contribution in [0.15, 0.2) is 36.4 Å². The van der Waals surface area contributed by atoms with Crippen molar-refractivity contribution in [3.05, 3.63) is 64.2 Å². The van der Waals surface area contributed by atoms with Crippen molar-refractivity contribution in [1.29, 1.82) is 0 Å². The zero-order valence-electron chi connectivity index (χ0n) is 12.7. The number of aryl methyl sites for hydroxylation is 3. The number of ether oxygens (including phenoxy) is 1. The second kappa shape index (κ2) is 6.97. The van der Waals surface area contributed by atoms with Gasteiger partial charge in [-0.05, 0) is 50.1 Å². The summed E-state index contributed by atoms with van der Waals surface area (Å²) >= 11 is 0. The molecule has 108 valence electrons. The van der Waals surface area contributed by atoms with E-state index in [1.165, 1.54) is 16.7 Å². The van der Waals surface area contributed by atoms with Crippen molar-refractivity contribution in [2.75, 3.05) is 6.61 Å². The van der Waals surface area contributed by atoms with Gasteiger partial charge in [-0.2, -0.15) is 0 Å². The summed E-state index contributed by atoms with van der Waals surface area (Å²) in [6.07, 6.45) is 0. The SMILES string of the molecule is Cc1cc(C)cc(COc2ccc(C#CCO)cc2C)c1. The Morgan fingerprint density at radius 3 is 2.33 bits per heavy atom. The molecule has 0 saturated carbocycles. The van der Waals surface area contributed by atoms with Crippen LogP contribution in [-0.4, -0.2) is 11.7 Å². The summed E-state index contributed by atoms with van der Waals surface area (Å²) in [7, 11) is 0. The molecule has 2 heteroatoms. The summed E-state index contributed by atoms with van der Waals surface area (Å²) in [5, 5.41) is 8.71. The first kappa shape index (κ1) is 15.2. The fourth-order valence-corrected chi connectivity index (χ4v) is 2.34. The molecule has 0 spiro atoms. The molecule has 0 aliphatic heterocycles. The van der Waals surface area contributed by atoms with E-state index in [4.69, 9.17) is 9.84 Å². The fraction of sp³-hybridized carbons (Fsp3) is 0.263. The van der Waals surface area contributed by atoms with Gasteiger partial charge in [-0.15, -0.1) is 0 Å². The van der Waals surface area contributed by atoms with Gasteiger partial charge in [-0.1, -0.05) is 41.2 Å². The Labute approximate surface area is 126 Å². The summed E-state index contributed by atoms with van der Waals surface area (Å²) in [4.78, 5) is 0. The lowest BCUT2D eigenvalue weighted by atomic mass is 10.1. The minimum absolute atomic E-state index is 0.121. The molecule has 0 aromatic heterocycles. The Hall–Kier alpha value is -2.24. The van der Waals surface area contributed by atoms with Crippen LogP contribution in [0.25, 0.3) is 0 Å². The van der Waals surface area contributed by atoms with Gasteiger partial charge in [0, 0.05) is 5.56 Å². The number of hydrogen-bond acceptors (Lipinski definition) is 2. The highest BCUT2D eigenvalue weighted by atomic mass is 16.5. The molecule has 1 N–H and O–H groups in total. The number of benzene rings is 2. The third kappa shape index (κ3) is 4.37. The highest BCUT2D eigenvalue weighted by Gasteiger charge is 2.02. The van der Waals surface area contributed by atoms with E-state index in [9.17, 15) is 0 Å². The van der Waals surface area contributed by atoms with E-state index in [0.29, 0.717) is 6.61 Å². The lowest BCUT2D eigenvalue weighted by molar-refractivity contribution is 0.304. The lowest BCUT2D eigenvalue weighted by Crippen LogP contribution is -1.98. The van der Waals surface area contributed by atoms with Gasteiger partial charge in [-0.3, -0.25) is 0 Å². The molecule has 0 heterocycles. The molecular weight excluding hydrogens is 260 g/mol. The van der Waals surface area contributed by atoms with Crippen LogP contribution in [0.2, 0.25) is 0 Å². The lowest BCUT2D eigenvalue weighted by Gasteiger charge is -2.10. The molecule has 0 aliphatic carbocycles. The highest BCUT2D eigenvalue weighted by Crippen LogP contribution is 2.20. The monoisotopic (exact) mass is 280 g/mol. The third-order valence-electron chi connectivity index (χ3n) is 3.16. The van der Waals surface area contributed by atoms with Crippen molar-refractivity contribution in [2.45, 2.75) is 27.4 Å². The van der Waals surface area contributed by atoms with E-state index in [1.807, 2.05) is 25.1 Å². The van der Waals surface area contributed by atoms with Gasteiger partial charge in [0.25, 0.3) is 0 Å². The van der Waals surface area contributed by atoms with E-state index in [1.54, 1.807) is 0 Å². The van der Waals surface area contributed by atoms with Crippen LogP contribution in [0, 0.1) is 32.6 Å². The molecule has 0 fully saturated rings. The average molecular weight is 280 g/mol. The Morgan fingerprint density at radius 2 is 1.71 bits per heavy atom. The summed E-state index contributed by atoms with van der Waals surface area (Å²) in [6.45, 7) is 6.63. The first-order valence-electron chi connectivity index (χ1n) is 6.99. The predicted molar refractivity (Wildman–Crippen MR) is 85.4 cm³/mol. The molecule has 0 radical (unpaired) electrons. The first-order valence-corrected chi connectivity index (χ1v) is 6.99. The van der Waals surface area contributed by atoms with Crippen LogP contribution in [0.5, 0.6) is 5.75 Å². The van der Waals surface area contributed by atoms with Gasteiger partial charge >= 0.3 is 0 Å². The predicted octanol–water partition coefficient (Wildman–Crippen LogP) is 3.53. The molecule has 2 aromatic carbocycles. The van der Waals surface area contributed by atoms with Crippen LogP contribution in [0.4, 0.5) is 0 Å². The normalized spacial score (nSPS) is 9.90. The average Bonchev–Trinajstić information content (AvgIpc) is 2.43. The zero-order valence-corrected chi connectivity index (χ0v) is 12.7. The van der Waals surface area contributed by atoms with Crippen molar-refractivity contribution in [1.82, 2.24) is 0 Å². The maximum absolute atomic E-state index is 8.71. The Balaban J connectivity index is 2.09. The molecule has 2 rings (SSSR count). The molecule has 0 bridgehead atoms. The van der Waals surface area contributed by atoms with Gasteiger partial charge in [0.05, 0.1) is 0 Å². The van der Waals surface area contributed by atoms with Crippen molar-refractivity contribution in [3.8, 4) is 17.6 Å². The van der Waals surface area contributed by atoms with Gasteiger partial charge in [-0.25, -0.2) is 0 Å². The van der Waals surface area contributed by atoms with E-state index >= 15 is 0 Å². The Kier molecular flexibility index (Phi) is 5.03. The molecule has 0 saturated heterocycles. The van der Waals surface area contributed by atoms with E-state index in [2.05, 4.69) is 43.9 Å². The van der Waals surface area contributed by atoms with Crippen LogP contribution in [-0.2, 0) is 6.61 Å². The molecule has 0 unspecified atom stereocenters. The number of aliphatic hydroxyl groups is 1. The number of aliphatic hydroxyl groups excluding tert-OH is 1. The first-order chi connectivity index (χ1) is 10.1. The smallest absolute Gasteiger partial charge is 0.122 e. The molecule has 0 aliphatic rings. The topological polar surface area (TPSA) is 29.5 Å². The number of hydrogen-bond donors (Lipinski definition) is 1. The molecule has 0 atom stereocenters. The summed E-state index contributed by atoms with van der Waals surface area (Å²) in [5.74, 6) is 6.41. The molecule has 0 amide bonds. The maximum Gasteiger partial charge on any atom is 0.122 e. The minimum atomic E-state index is -0.121. The maximum atomic E-state index is 8.71. The van der Waals surface area contributed by atoms with Gasteiger partial charge < -0.3 is 9.84 Å². The second-order valence-electron chi connectivity index (χ2n) is 5.22. The van der Waals surface area contributed by atoms with E-state index in [-0.39, 0.29) is 6.61 Å². The summed E-state index contributed by atoms with van der Waals surface area (Å²) in [5.41, 5.74) is 5.61. The standard InChI is InChI=1S/C19H20O2/c1-14-9-15(2)11-18(10-14)13-21-19-7-6-17(5-4-8-20)12-16(19)3/h6-7,9-12,20H,8,13H2,1-3H3. The minimum Gasteiger partial charge on any atom is -0.489 e. The third-order valence-corrected chi connectivity index (χ3v) is 3.16. The molecular formula is C19H20O2. The van der Waals surface area contributed by atoms with Gasteiger partial charge in [0.2, 0.25) is 0 Å². The summed E-state index contributed by atoms with van der Waals surface area (Å²) in [6, 6.07) is 12.3. The van der Waals surface area contributed by atoms with Crippen molar-refractivity contribution in [3.63, 3.8) is 0 Å². The second-order valence-corrected chi connectivity index (χ2v) is 5.22. The quantitative estimate of drug-likeness (QED) is 0.871.